The first-order valence-corrected chi connectivity index (χ1v) is 6.15. The zero-order valence-electron chi connectivity index (χ0n) is 10.6. The van der Waals surface area contributed by atoms with Crippen LogP contribution in [0.15, 0.2) is 18.5 Å². The Hall–Kier alpha value is -1.95. The Morgan fingerprint density at radius 3 is 2.95 bits per heavy atom. The van der Waals surface area contributed by atoms with Crippen molar-refractivity contribution in [2.45, 2.75) is 13.3 Å². The predicted molar refractivity (Wildman–Crippen MR) is 67.9 cm³/mol. The second kappa shape index (κ2) is 5.79. The van der Waals surface area contributed by atoms with E-state index in [-0.39, 0.29) is 23.3 Å². The Balaban J connectivity index is 2.06. The number of ether oxygens (including phenoxy) is 1. The number of hydrogen-bond acceptors (Lipinski definition) is 4. The summed E-state index contributed by atoms with van der Waals surface area (Å²) in [5.41, 5.74) is 0.460. The molecule has 1 amide bonds. The molecule has 1 fully saturated rings. The third-order valence-electron chi connectivity index (χ3n) is 3.23. The minimum Gasteiger partial charge on any atom is -0.478 e. The molecule has 0 saturated carbocycles. The number of anilines is 1. The topological polar surface area (TPSA) is 88.5 Å². The molecule has 1 aromatic heterocycles. The third kappa shape index (κ3) is 3.29. The van der Waals surface area contributed by atoms with Crippen molar-refractivity contribution in [3.63, 3.8) is 0 Å². The van der Waals surface area contributed by atoms with Crippen molar-refractivity contribution in [3.8, 4) is 0 Å². The van der Waals surface area contributed by atoms with Crippen molar-refractivity contribution in [3.05, 3.63) is 24.0 Å². The van der Waals surface area contributed by atoms with Crippen LogP contribution in [0, 0.1) is 11.8 Å². The highest BCUT2D eigenvalue weighted by molar-refractivity contribution is 5.94. The molecule has 1 aliphatic heterocycles. The number of nitrogens with one attached hydrogen (secondary N) is 1. The van der Waals surface area contributed by atoms with Crippen molar-refractivity contribution in [1.29, 1.82) is 0 Å². The Bertz CT molecular complexity index is 489. The van der Waals surface area contributed by atoms with Crippen LogP contribution < -0.4 is 5.32 Å². The number of aromatic carboxylic acids is 1. The average Bonchev–Trinajstić information content (AvgIpc) is 2.39. The number of rotatable bonds is 3. The van der Waals surface area contributed by atoms with Crippen LogP contribution in [0.3, 0.4) is 0 Å². The maximum atomic E-state index is 12.1. The molecule has 6 nitrogen and oxygen atoms in total. The van der Waals surface area contributed by atoms with Gasteiger partial charge in [0.25, 0.3) is 0 Å². The molecule has 0 aromatic carbocycles. The van der Waals surface area contributed by atoms with Gasteiger partial charge in [0, 0.05) is 25.3 Å². The fourth-order valence-electron chi connectivity index (χ4n) is 2.13. The monoisotopic (exact) mass is 264 g/mol. The number of carboxylic acids is 1. The van der Waals surface area contributed by atoms with Crippen LogP contribution in [-0.2, 0) is 9.53 Å². The number of carboxylic acid groups (broad SMARTS) is 1. The second-order valence-electron chi connectivity index (χ2n) is 4.70. The lowest BCUT2D eigenvalue weighted by atomic mass is 9.89. The molecular formula is C13H16N2O4. The molecular weight excluding hydrogens is 248 g/mol. The van der Waals surface area contributed by atoms with Gasteiger partial charge < -0.3 is 15.2 Å². The van der Waals surface area contributed by atoms with Crippen molar-refractivity contribution in [2.24, 2.45) is 11.8 Å². The highest BCUT2D eigenvalue weighted by Crippen LogP contribution is 2.23. The first kappa shape index (κ1) is 13.5. The summed E-state index contributed by atoms with van der Waals surface area (Å²) < 4.78 is 5.29. The number of carbonyl (C=O) groups is 2. The van der Waals surface area contributed by atoms with Gasteiger partial charge in [-0.1, -0.05) is 6.92 Å². The molecule has 1 aliphatic rings. The standard InChI is InChI=1S/C13H16N2O4/c1-8-7-19-3-2-11(8)12(16)15-10-4-9(13(17)18)5-14-6-10/h4-6,8,11H,2-3,7H2,1H3,(H,15,16)(H,17,18). The summed E-state index contributed by atoms with van der Waals surface area (Å²) in [6.07, 6.45) is 3.36. The normalized spacial score (nSPS) is 22.8. The Morgan fingerprint density at radius 2 is 2.26 bits per heavy atom. The molecule has 1 saturated heterocycles. The summed E-state index contributed by atoms with van der Waals surface area (Å²) in [6.45, 7) is 3.12. The minimum absolute atomic E-state index is 0.0535. The van der Waals surface area contributed by atoms with Gasteiger partial charge in [0.1, 0.15) is 0 Å². The average molecular weight is 264 g/mol. The first-order valence-electron chi connectivity index (χ1n) is 6.15. The van der Waals surface area contributed by atoms with Crippen LogP contribution in [0.2, 0.25) is 0 Å². The minimum atomic E-state index is -1.07. The number of aromatic nitrogens is 1. The van der Waals surface area contributed by atoms with Gasteiger partial charge in [-0.25, -0.2) is 4.79 Å². The largest absolute Gasteiger partial charge is 0.478 e. The second-order valence-corrected chi connectivity index (χ2v) is 4.70. The Labute approximate surface area is 110 Å². The molecule has 0 spiro atoms. The predicted octanol–water partition coefficient (Wildman–Crippen LogP) is 1.39. The molecule has 1 aromatic rings. The molecule has 2 N–H and O–H groups in total. The van der Waals surface area contributed by atoms with Crippen molar-refractivity contribution in [2.75, 3.05) is 18.5 Å². The van der Waals surface area contributed by atoms with Crippen molar-refractivity contribution >= 4 is 17.6 Å². The number of pyridine rings is 1. The van der Waals surface area contributed by atoms with Crippen molar-refractivity contribution < 1.29 is 19.4 Å². The lowest BCUT2D eigenvalue weighted by molar-refractivity contribution is -0.125. The number of amides is 1. The lowest BCUT2D eigenvalue weighted by Gasteiger charge is -2.27. The van der Waals surface area contributed by atoms with Gasteiger partial charge >= 0.3 is 5.97 Å². The van der Waals surface area contributed by atoms with E-state index in [2.05, 4.69) is 10.3 Å². The zero-order chi connectivity index (χ0) is 13.8. The molecule has 2 unspecified atom stereocenters. The van der Waals surface area contributed by atoms with Crippen LogP contribution in [0.25, 0.3) is 0 Å². The van der Waals surface area contributed by atoms with E-state index in [9.17, 15) is 9.59 Å². The number of nitrogens with zero attached hydrogens (tertiary/aromatic N) is 1. The molecule has 2 heterocycles. The summed E-state index contributed by atoms with van der Waals surface area (Å²) in [7, 11) is 0. The molecule has 2 rings (SSSR count). The molecule has 6 heteroatoms. The summed E-state index contributed by atoms with van der Waals surface area (Å²) in [5, 5.41) is 11.6. The Kier molecular flexibility index (Phi) is 4.11. The lowest BCUT2D eigenvalue weighted by Crippen LogP contribution is -2.35. The van der Waals surface area contributed by atoms with E-state index >= 15 is 0 Å². The van der Waals surface area contributed by atoms with Crippen molar-refractivity contribution in [1.82, 2.24) is 4.98 Å². The molecule has 0 aliphatic carbocycles. The molecule has 2 atom stereocenters. The highest BCUT2D eigenvalue weighted by atomic mass is 16.5. The number of hydrogen-bond donors (Lipinski definition) is 2. The van der Waals surface area contributed by atoms with Gasteiger partial charge in [-0.3, -0.25) is 9.78 Å². The highest BCUT2D eigenvalue weighted by Gasteiger charge is 2.28. The molecule has 0 bridgehead atoms. The molecule has 19 heavy (non-hydrogen) atoms. The van der Waals surface area contributed by atoms with Crippen LogP contribution in [0.4, 0.5) is 5.69 Å². The quantitative estimate of drug-likeness (QED) is 0.861. The summed E-state index contributed by atoms with van der Waals surface area (Å²) in [5.74, 6) is -1.13. The Morgan fingerprint density at radius 1 is 1.47 bits per heavy atom. The van der Waals surface area contributed by atoms with Gasteiger partial charge in [0.15, 0.2) is 0 Å². The smallest absolute Gasteiger partial charge is 0.337 e. The third-order valence-corrected chi connectivity index (χ3v) is 3.23. The van der Waals surface area contributed by atoms with E-state index in [1.807, 2.05) is 6.92 Å². The zero-order valence-corrected chi connectivity index (χ0v) is 10.6. The maximum Gasteiger partial charge on any atom is 0.337 e. The van der Waals surface area contributed by atoms with E-state index in [4.69, 9.17) is 9.84 Å². The molecule has 0 radical (unpaired) electrons. The van der Waals surface area contributed by atoms with Crippen LogP contribution in [-0.4, -0.2) is 35.2 Å². The van der Waals surface area contributed by atoms with Crippen LogP contribution >= 0.6 is 0 Å². The number of carbonyl (C=O) groups excluding carboxylic acids is 1. The van der Waals surface area contributed by atoms with Gasteiger partial charge in [-0.2, -0.15) is 0 Å². The van der Waals surface area contributed by atoms with Crippen LogP contribution in [0.5, 0.6) is 0 Å². The van der Waals surface area contributed by atoms with Gasteiger partial charge in [-0.05, 0) is 18.4 Å². The van der Waals surface area contributed by atoms with Gasteiger partial charge in [-0.15, -0.1) is 0 Å². The molecule has 102 valence electrons. The van der Waals surface area contributed by atoms with E-state index in [0.29, 0.717) is 25.3 Å². The van der Waals surface area contributed by atoms with Crippen LogP contribution in [0.1, 0.15) is 23.7 Å². The fourth-order valence-corrected chi connectivity index (χ4v) is 2.13. The summed E-state index contributed by atoms with van der Waals surface area (Å²) in [6, 6.07) is 1.40. The summed E-state index contributed by atoms with van der Waals surface area (Å²) in [4.78, 5) is 26.7. The van der Waals surface area contributed by atoms with Gasteiger partial charge in [0.2, 0.25) is 5.91 Å². The maximum absolute atomic E-state index is 12.1. The SMILES string of the molecule is CC1COCCC1C(=O)Nc1cncc(C(=O)O)c1. The van der Waals surface area contributed by atoms with E-state index in [0.717, 1.165) is 0 Å². The van der Waals surface area contributed by atoms with E-state index in [1.165, 1.54) is 18.5 Å². The fraction of sp³-hybridized carbons (Fsp3) is 0.462. The summed E-state index contributed by atoms with van der Waals surface area (Å²) >= 11 is 0. The van der Waals surface area contributed by atoms with E-state index < -0.39 is 5.97 Å². The van der Waals surface area contributed by atoms with E-state index in [1.54, 1.807) is 0 Å². The first-order chi connectivity index (χ1) is 9.08. The van der Waals surface area contributed by atoms with Gasteiger partial charge in [0.05, 0.1) is 17.4 Å².